The van der Waals surface area contributed by atoms with E-state index in [0.29, 0.717) is 16.4 Å². The van der Waals surface area contributed by atoms with Crippen LogP contribution in [0.15, 0.2) is 64.6 Å². The van der Waals surface area contributed by atoms with Gasteiger partial charge in [-0.2, -0.15) is 12.8 Å². The maximum Gasteiger partial charge on any atom is 0.407 e. The van der Waals surface area contributed by atoms with Gasteiger partial charge in [0.15, 0.2) is 0 Å². The Bertz CT molecular complexity index is 1070. The minimum absolute atomic E-state index is 0.0406. The number of carboxylic acids is 1. The number of carboxylic acid groups (broad SMARTS) is 1. The van der Waals surface area contributed by atoms with Gasteiger partial charge in [0.05, 0.1) is 29.7 Å². The fourth-order valence-electron chi connectivity index (χ4n) is 2.71. The lowest BCUT2D eigenvalue weighted by Crippen LogP contribution is -2.33. The minimum atomic E-state index is -4.19. The zero-order valence-electron chi connectivity index (χ0n) is 17.3. The first-order valence-corrected chi connectivity index (χ1v) is 11.0. The van der Waals surface area contributed by atoms with Gasteiger partial charge in [-0.05, 0) is 36.2 Å². The number of nitrogens with one attached hydrogen (secondary N) is 1. The van der Waals surface area contributed by atoms with E-state index in [-0.39, 0.29) is 17.2 Å². The van der Waals surface area contributed by atoms with Crippen LogP contribution < -0.4 is 21.2 Å². The summed E-state index contributed by atoms with van der Waals surface area (Å²) in [5.74, 6) is -1.67. The van der Waals surface area contributed by atoms with Gasteiger partial charge in [0.2, 0.25) is 5.96 Å². The predicted octanol–water partition coefficient (Wildman–Crippen LogP) is 1.72. The third-order valence-electron chi connectivity index (χ3n) is 4.08. The van der Waals surface area contributed by atoms with Crippen molar-refractivity contribution < 1.29 is 27.9 Å². The number of benzene rings is 2. The molecule has 1 unspecified atom stereocenters. The minimum Gasteiger partial charge on any atom is -0.481 e. The van der Waals surface area contributed by atoms with E-state index < -0.39 is 40.5 Å². The molecule has 1 amide bonds. The summed E-state index contributed by atoms with van der Waals surface area (Å²) in [5.41, 5.74) is 11.3. The number of amides is 1. The van der Waals surface area contributed by atoms with Gasteiger partial charge in [-0.3, -0.25) is 4.79 Å². The molecule has 0 aliphatic heterocycles. The third kappa shape index (κ3) is 6.60. The summed E-state index contributed by atoms with van der Waals surface area (Å²) in [7, 11) is -4.19. The Balaban J connectivity index is 2.48. The Morgan fingerprint density at radius 1 is 1.16 bits per heavy atom. The van der Waals surface area contributed by atoms with Crippen LogP contribution in [0.2, 0.25) is 0 Å². The molecule has 0 heterocycles. The monoisotopic (exact) mass is 463 g/mol. The first-order chi connectivity index (χ1) is 15.1. The Hall–Kier alpha value is -3.80. The molecule has 1 atom stereocenters. The number of alkyl carbamates (subject to hydrolysis) is 1. The largest absolute Gasteiger partial charge is 0.481 e. The van der Waals surface area contributed by atoms with Crippen LogP contribution in [0, 0.1) is 0 Å². The average molecular weight is 464 g/mol. The van der Waals surface area contributed by atoms with E-state index in [4.69, 9.17) is 16.2 Å². The summed E-state index contributed by atoms with van der Waals surface area (Å²) in [6.45, 7) is 1.98. The van der Waals surface area contributed by atoms with Gasteiger partial charge in [-0.15, -0.1) is 5.10 Å². The molecule has 0 aliphatic rings. The lowest BCUT2D eigenvalue weighted by Gasteiger charge is -2.22. The molecule has 12 heteroatoms. The van der Waals surface area contributed by atoms with Gasteiger partial charge in [-0.1, -0.05) is 37.3 Å². The fourth-order valence-corrected chi connectivity index (χ4v) is 4.01. The number of ether oxygens (including phenoxy) is 1. The van der Waals surface area contributed by atoms with Crippen molar-refractivity contribution in [3.05, 3.63) is 60.2 Å². The Kier molecular flexibility index (Phi) is 8.41. The Labute approximate surface area is 185 Å². The molecule has 32 heavy (non-hydrogen) atoms. The van der Waals surface area contributed by atoms with E-state index in [1.54, 1.807) is 24.3 Å². The van der Waals surface area contributed by atoms with Crippen LogP contribution >= 0.6 is 0 Å². The second kappa shape index (κ2) is 11.0. The molecule has 6 N–H and O–H groups in total. The van der Waals surface area contributed by atoms with Crippen molar-refractivity contribution in [1.82, 2.24) is 5.32 Å². The molecular weight excluding hydrogens is 438 g/mol. The van der Waals surface area contributed by atoms with Gasteiger partial charge < -0.3 is 26.6 Å². The number of carbonyl (C=O) groups excluding carboxylic acids is 1. The van der Waals surface area contributed by atoms with Crippen LogP contribution in [0.1, 0.15) is 31.4 Å². The summed E-state index contributed by atoms with van der Waals surface area (Å²) in [6, 6.07) is 12.4. The summed E-state index contributed by atoms with van der Waals surface area (Å²) in [4.78, 5) is 23.3. The van der Waals surface area contributed by atoms with Gasteiger partial charge in [0.25, 0.3) is 10.0 Å². The van der Waals surface area contributed by atoms with Crippen molar-refractivity contribution in [1.29, 1.82) is 0 Å². The number of rotatable bonds is 10. The van der Waals surface area contributed by atoms with Crippen LogP contribution in [-0.2, 0) is 19.6 Å². The van der Waals surface area contributed by atoms with Crippen LogP contribution in [0.4, 0.5) is 10.5 Å². The topological polar surface area (TPSA) is 177 Å². The van der Waals surface area contributed by atoms with Crippen LogP contribution in [0.3, 0.4) is 0 Å². The second-order valence-electron chi connectivity index (χ2n) is 6.61. The summed E-state index contributed by atoms with van der Waals surface area (Å²) < 4.78 is 31.9. The highest BCUT2D eigenvalue weighted by atomic mass is 32.2. The number of hydrazone groups is 1. The van der Waals surface area contributed by atoms with Crippen molar-refractivity contribution >= 4 is 33.7 Å². The fraction of sp³-hybridized carbons (Fsp3) is 0.250. The molecule has 2 aromatic rings. The molecule has 0 saturated heterocycles. The van der Waals surface area contributed by atoms with Gasteiger partial charge >= 0.3 is 12.1 Å². The van der Waals surface area contributed by atoms with Crippen molar-refractivity contribution in [3.63, 3.8) is 0 Å². The number of hydrogen-bond acceptors (Lipinski definition) is 6. The number of guanidine groups is 1. The number of hydrogen-bond donors (Lipinski definition) is 4. The van der Waals surface area contributed by atoms with Gasteiger partial charge in [-0.25, -0.2) is 4.79 Å². The highest BCUT2D eigenvalue weighted by Crippen LogP contribution is 2.28. The highest BCUT2D eigenvalue weighted by Gasteiger charge is 2.27. The molecule has 2 aromatic carbocycles. The zero-order chi connectivity index (χ0) is 23.7. The number of nitrogens with two attached hydrogens (primary N) is 2. The van der Waals surface area contributed by atoms with Gasteiger partial charge in [0.1, 0.15) is 0 Å². The van der Waals surface area contributed by atoms with Crippen molar-refractivity contribution in [2.45, 2.75) is 30.7 Å². The van der Waals surface area contributed by atoms with E-state index >= 15 is 0 Å². The highest BCUT2D eigenvalue weighted by molar-refractivity contribution is 7.92. The summed E-state index contributed by atoms with van der Waals surface area (Å²) in [6.07, 6.45) is -0.656. The first kappa shape index (κ1) is 24.5. The Morgan fingerprint density at radius 2 is 1.84 bits per heavy atom. The zero-order valence-corrected chi connectivity index (χ0v) is 18.2. The number of nitrogens with zero attached hydrogens (tertiary/aromatic N) is 2. The van der Waals surface area contributed by atoms with Crippen molar-refractivity contribution in [2.24, 2.45) is 16.6 Å². The lowest BCUT2D eigenvalue weighted by molar-refractivity contribution is -0.137. The maximum atomic E-state index is 13.1. The molecule has 0 bridgehead atoms. The van der Waals surface area contributed by atoms with E-state index in [9.17, 15) is 23.1 Å². The second-order valence-corrected chi connectivity index (χ2v) is 8.38. The smallest absolute Gasteiger partial charge is 0.407 e. The third-order valence-corrected chi connectivity index (χ3v) is 5.69. The van der Waals surface area contributed by atoms with E-state index in [1.165, 1.54) is 30.3 Å². The standard InChI is InChI=1S/C20H25N5O6S/c1-2-11-31-20(28)23-17(13-18(26)27)14-7-6-8-15(12-14)25(24-19(21)22)32(29,30)16-9-4-3-5-10-16/h3-10,12,17H,2,11,13H2,1H3,(H,23,28)(H,26,27)(H4,21,22,24). The molecule has 172 valence electrons. The molecule has 0 saturated carbocycles. The molecule has 11 nitrogen and oxygen atoms in total. The summed E-state index contributed by atoms with van der Waals surface area (Å²) >= 11 is 0. The molecule has 0 fully saturated rings. The molecule has 2 rings (SSSR count). The number of aliphatic carboxylic acids is 1. The van der Waals surface area contributed by atoms with E-state index in [2.05, 4.69) is 10.4 Å². The normalized spacial score (nSPS) is 11.8. The maximum absolute atomic E-state index is 13.1. The molecular formula is C20H25N5O6S. The average Bonchev–Trinajstić information content (AvgIpc) is 2.75. The molecule has 0 spiro atoms. The Morgan fingerprint density at radius 3 is 2.44 bits per heavy atom. The number of anilines is 1. The van der Waals surface area contributed by atoms with Crippen molar-refractivity contribution in [3.8, 4) is 0 Å². The van der Waals surface area contributed by atoms with Gasteiger partial charge in [0, 0.05) is 0 Å². The van der Waals surface area contributed by atoms with Crippen LogP contribution in [-0.4, -0.2) is 38.2 Å². The van der Waals surface area contributed by atoms with E-state index in [0.717, 1.165) is 0 Å². The van der Waals surface area contributed by atoms with Crippen LogP contribution in [0.25, 0.3) is 0 Å². The SMILES string of the molecule is CCCOC(=O)NC(CC(=O)O)c1cccc(N(N=C(N)N)S(=O)(=O)c2ccccc2)c1. The van der Waals surface area contributed by atoms with E-state index in [1.807, 2.05) is 6.92 Å². The lowest BCUT2D eigenvalue weighted by atomic mass is 10.0. The van der Waals surface area contributed by atoms with Crippen molar-refractivity contribution in [2.75, 3.05) is 11.0 Å². The first-order valence-electron chi connectivity index (χ1n) is 9.60. The molecule has 0 aromatic heterocycles. The quantitative estimate of drug-likeness (QED) is 0.234. The predicted molar refractivity (Wildman–Crippen MR) is 118 cm³/mol. The molecule has 0 aliphatic carbocycles. The summed E-state index contributed by atoms with van der Waals surface area (Å²) in [5, 5.41) is 15.5. The number of carbonyl (C=O) groups is 2. The number of sulfonamides is 1. The van der Waals surface area contributed by atoms with Crippen LogP contribution in [0.5, 0.6) is 0 Å². The molecule has 0 radical (unpaired) electrons.